The van der Waals surface area contributed by atoms with E-state index in [1.165, 1.54) is 16.9 Å². The van der Waals surface area contributed by atoms with Crippen molar-refractivity contribution < 1.29 is 14.3 Å². The van der Waals surface area contributed by atoms with E-state index in [2.05, 4.69) is 39.2 Å². The number of rotatable bonds is 7. The minimum Gasteiger partial charge on any atom is -0.480 e. The molecule has 168 valence electrons. The molecular weight excluding hydrogens is 424 g/mol. The van der Waals surface area contributed by atoms with Gasteiger partial charge in [-0.25, -0.2) is 4.98 Å². The molecule has 8 heteroatoms. The number of hydrogen-bond acceptors (Lipinski definition) is 7. The Labute approximate surface area is 192 Å². The molecule has 0 aliphatic carbocycles. The minimum absolute atomic E-state index is 0.0559. The average Bonchev–Trinajstić information content (AvgIpc) is 3.16. The summed E-state index contributed by atoms with van der Waals surface area (Å²) in [6.07, 6.45) is 4.33. The van der Waals surface area contributed by atoms with E-state index >= 15 is 0 Å². The number of benzene rings is 1. The topological polar surface area (TPSA) is 67.8 Å². The van der Waals surface area contributed by atoms with Crippen LogP contribution in [0.15, 0.2) is 36.4 Å². The normalized spacial score (nSPS) is 15.0. The first-order chi connectivity index (χ1) is 15.6. The van der Waals surface area contributed by atoms with Crippen LogP contribution in [0.1, 0.15) is 26.6 Å². The molecule has 1 aliphatic heterocycles. The predicted octanol–water partition coefficient (Wildman–Crippen LogP) is 3.63. The fraction of sp³-hybridized carbons (Fsp3) is 0.375. The molecule has 0 N–H and O–H groups in total. The van der Waals surface area contributed by atoms with E-state index < -0.39 is 0 Å². The van der Waals surface area contributed by atoms with Crippen LogP contribution in [0.2, 0.25) is 0 Å². The monoisotopic (exact) mass is 452 g/mol. The largest absolute Gasteiger partial charge is 0.480 e. The summed E-state index contributed by atoms with van der Waals surface area (Å²) in [6, 6.07) is 10.3. The maximum Gasteiger partial charge on any atom is 0.264 e. The molecule has 1 saturated heterocycles. The zero-order valence-electron chi connectivity index (χ0n) is 18.7. The molecule has 1 fully saturated rings. The van der Waals surface area contributed by atoms with Crippen LogP contribution in [-0.4, -0.2) is 72.6 Å². The van der Waals surface area contributed by atoms with Crippen molar-refractivity contribution in [3.05, 3.63) is 58.2 Å². The maximum absolute atomic E-state index is 13.3. The molecule has 0 spiro atoms. The maximum atomic E-state index is 13.3. The third-order valence-corrected chi connectivity index (χ3v) is 6.77. The van der Waals surface area contributed by atoms with Gasteiger partial charge in [0.25, 0.3) is 5.91 Å². The third kappa shape index (κ3) is 4.82. The van der Waals surface area contributed by atoms with Crippen molar-refractivity contribution in [3.8, 4) is 5.88 Å². The summed E-state index contributed by atoms with van der Waals surface area (Å²) < 4.78 is 10.6. The lowest BCUT2D eigenvalue weighted by Crippen LogP contribution is -2.48. The van der Waals surface area contributed by atoms with Gasteiger partial charge in [-0.2, -0.15) is 4.98 Å². The quantitative estimate of drug-likeness (QED) is 0.545. The number of carbonyl (C=O) groups is 1. The third-order valence-electron chi connectivity index (χ3n) is 5.60. The van der Waals surface area contributed by atoms with E-state index in [1.807, 2.05) is 30.0 Å². The number of aromatic nitrogens is 2. The summed E-state index contributed by atoms with van der Waals surface area (Å²) in [5, 5.41) is 0.811. The highest BCUT2D eigenvalue weighted by molar-refractivity contribution is 7.20. The highest BCUT2D eigenvalue weighted by Crippen LogP contribution is 2.35. The lowest BCUT2D eigenvalue weighted by Gasteiger charge is -2.34. The van der Waals surface area contributed by atoms with Gasteiger partial charge in [0.1, 0.15) is 11.4 Å². The summed E-state index contributed by atoms with van der Waals surface area (Å²) in [7, 11) is 3.19. The molecule has 1 aromatic carbocycles. The predicted molar refractivity (Wildman–Crippen MR) is 127 cm³/mol. The molecule has 3 aromatic rings. The second-order valence-corrected chi connectivity index (χ2v) is 8.72. The smallest absolute Gasteiger partial charge is 0.264 e. The Morgan fingerprint density at radius 1 is 1.12 bits per heavy atom. The van der Waals surface area contributed by atoms with Crippen molar-refractivity contribution in [2.45, 2.75) is 13.5 Å². The first-order valence-electron chi connectivity index (χ1n) is 10.7. The minimum atomic E-state index is 0.0559. The van der Waals surface area contributed by atoms with Crippen molar-refractivity contribution >= 4 is 33.5 Å². The number of ether oxygens (including phenoxy) is 2. The van der Waals surface area contributed by atoms with Crippen molar-refractivity contribution in [1.29, 1.82) is 0 Å². The van der Waals surface area contributed by atoms with Gasteiger partial charge >= 0.3 is 0 Å². The Bertz CT molecular complexity index is 1110. The van der Waals surface area contributed by atoms with Gasteiger partial charge in [-0.15, -0.1) is 11.3 Å². The van der Waals surface area contributed by atoms with E-state index in [1.54, 1.807) is 14.2 Å². The Balaban J connectivity index is 1.42. The van der Waals surface area contributed by atoms with Gasteiger partial charge in [0, 0.05) is 39.8 Å². The van der Waals surface area contributed by atoms with Crippen LogP contribution in [0.4, 0.5) is 0 Å². The van der Waals surface area contributed by atoms with Crippen LogP contribution in [0.25, 0.3) is 16.3 Å². The van der Waals surface area contributed by atoms with Crippen LogP contribution in [0, 0.1) is 6.92 Å². The zero-order valence-corrected chi connectivity index (χ0v) is 19.5. The number of hydrogen-bond donors (Lipinski definition) is 0. The van der Waals surface area contributed by atoms with Crippen LogP contribution in [-0.2, 0) is 11.3 Å². The highest BCUT2D eigenvalue weighted by atomic mass is 32.1. The Hall–Kier alpha value is -2.81. The van der Waals surface area contributed by atoms with Crippen LogP contribution in [0.5, 0.6) is 5.88 Å². The first-order valence-corrected chi connectivity index (χ1v) is 11.5. The van der Waals surface area contributed by atoms with Crippen LogP contribution < -0.4 is 4.74 Å². The van der Waals surface area contributed by atoms with Gasteiger partial charge in [-0.3, -0.25) is 9.69 Å². The molecule has 1 aliphatic rings. The zero-order chi connectivity index (χ0) is 22.5. The van der Waals surface area contributed by atoms with Crippen molar-refractivity contribution in [1.82, 2.24) is 19.8 Å². The van der Waals surface area contributed by atoms with Gasteiger partial charge in [0.2, 0.25) is 5.88 Å². The molecule has 0 radical (unpaired) electrons. The first kappa shape index (κ1) is 22.4. The summed E-state index contributed by atoms with van der Waals surface area (Å²) in [4.78, 5) is 28.1. The standard InChI is InChI=1S/C24H28N4O3S/c1-17-20-22(31-3)25-19(16-30-2)26-23(20)32-21(17)24(29)28-14-12-27(13-15-28)11-7-10-18-8-5-4-6-9-18/h4-10H,11-16H2,1-3H3/b10-7+. The molecule has 1 amide bonds. The molecule has 2 aromatic heterocycles. The molecular formula is C24H28N4O3S. The molecule has 7 nitrogen and oxygen atoms in total. The summed E-state index contributed by atoms with van der Waals surface area (Å²) in [6.45, 7) is 6.26. The van der Waals surface area contributed by atoms with Crippen molar-refractivity contribution in [2.75, 3.05) is 46.9 Å². The van der Waals surface area contributed by atoms with E-state index in [0.717, 1.165) is 35.4 Å². The second-order valence-electron chi connectivity index (χ2n) is 7.72. The van der Waals surface area contributed by atoms with Gasteiger partial charge in [0.15, 0.2) is 5.82 Å². The van der Waals surface area contributed by atoms with Crippen molar-refractivity contribution in [2.24, 2.45) is 0 Å². The number of carbonyl (C=O) groups excluding carboxylic acids is 1. The molecule has 32 heavy (non-hydrogen) atoms. The van der Waals surface area contributed by atoms with Crippen LogP contribution >= 0.6 is 11.3 Å². The molecule has 0 unspecified atom stereocenters. The lowest BCUT2D eigenvalue weighted by molar-refractivity contribution is 0.0654. The summed E-state index contributed by atoms with van der Waals surface area (Å²) >= 11 is 1.40. The Kier molecular flexibility index (Phi) is 7.14. The van der Waals surface area contributed by atoms with Gasteiger partial charge in [0.05, 0.1) is 17.4 Å². The van der Waals surface area contributed by atoms with E-state index in [0.29, 0.717) is 36.3 Å². The number of methoxy groups -OCH3 is 2. The lowest BCUT2D eigenvalue weighted by atomic mass is 10.2. The molecule has 4 rings (SSSR count). The summed E-state index contributed by atoms with van der Waals surface area (Å²) in [5.41, 5.74) is 2.08. The number of nitrogens with zero attached hydrogens (tertiary/aromatic N) is 4. The molecule has 3 heterocycles. The SMILES string of the molecule is COCc1nc(OC)c2c(C)c(C(=O)N3CCN(C/C=C/c4ccccc4)CC3)sc2n1. The van der Waals surface area contributed by atoms with E-state index in [-0.39, 0.29) is 5.91 Å². The molecule has 0 bridgehead atoms. The van der Waals surface area contributed by atoms with E-state index in [4.69, 9.17) is 9.47 Å². The molecule has 0 atom stereocenters. The number of aryl methyl sites for hydroxylation is 1. The second kappa shape index (κ2) is 10.2. The van der Waals surface area contributed by atoms with Gasteiger partial charge in [-0.1, -0.05) is 42.5 Å². The Morgan fingerprint density at radius 3 is 2.56 bits per heavy atom. The van der Waals surface area contributed by atoms with E-state index in [9.17, 15) is 4.79 Å². The average molecular weight is 453 g/mol. The van der Waals surface area contributed by atoms with Crippen molar-refractivity contribution in [3.63, 3.8) is 0 Å². The number of piperazine rings is 1. The molecule has 0 saturated carbocycles. The highest BCUT2D eigenvalue weighted by Gasteiger charge is 2.27. The Morgan fingerprint density at radius 2 is 1.88 bits per heavy atom. The fourth-order valence-corrected chi connectivity index (χ4v) is 5.03. The van der Waals surface area contributed by atoms with Gasteiger partial charge < -0.3 is 14.4 Å². The van der Waals surface area contributed by atoms with Crippen LogP contribution in [0.3, 0.4) is 0 Å². The number of fused-ring (bicyclic) bond motifs is 1. The fourth-order valence-electron chi connectivity index (χ4n) is 3.87. The number of thiophene rings is 1. The summed E-state index contributed by atoms with van der Waals surface area (Å²) in [5.74, 6) is 1.10. The number of amides is 1. The van der Waals surface area contributed by atoms with Gasteiger partial charge in [-0.05, 0) is 18.1 Å².